The smallest absolute Gasteiger partial charge is 0.257 e. The van der Waals surface area contributed by atoms with Crippen LogP contribution in [0.5, 0.6) is 5.75 Å². The molecule has 4 rings (SSSR count). The molecule has 0 aliphatic carbocycles. The fourth-order valence-corrected chi connectivity index (χ4v) is 3.75. The summed E-state index contributed by atoms with van der Waals surface area (Å²) in [6.45, 7) is 4.31. The van der Waals surface area contributed by atoms with Gasteiger partial charge in [0.05, 0.1) is 12.7 Å². The van der Waals surface area contributed by atoms with Crippen LogP contribution in [0.25, 0.3) is 11.2 Å². The first kappa shape index (κ1) is 16.6. The number of hydrogen-bond acceptors (Lipinski definition) is 4. The zero-order chi connectivity index (χ0) is 18.1. The predicted molar refractivity (Wildman–Crippen MR) is 99.5 cm³/mol. The summed E-state index contributed by atoms with van der Waals surface area (Å²) >= 11 is 0. The predicted octanol–water partition coefficient (Wildman–Crippen LogP) is 3.09. The monoisotopic (exact) mass is 350 g/mol. The van der Waals surface area contributed by atoms with Crippen LogP contribution in [-0.4, -0.2) is 45.5 Å². The van der Waals surface area contributed by atoms with Crippen LogP contribution in [0.1, 0.15) is 35.4 Å². The van der Waals surface area contributed by atoms with Crippen molar-refractivity contribution in [2.24, 2.45) is 0 Å². The fourth-order valence-electron chi connectivity index (χ4n) is 3.75. The first-order valence-corrected chi connectivity index (χ1v) is 8.96. The molecule has 1 aliphatic heterocycles. The van der Waals surface area contributed by atoms with Crippen LogP contribution < -0.4 is 4.74 Å². The molecule has 2 aromatic heterocycles. The number of methoxy groups -OCH3 is 1. The highest BCUT2D eigenvalue weighted by atomic mass is 16.5. The minimum absolute atomic E-state index is 0.0160. The number of ether oxygens (including phenoxy) is 1. The highest BCUT2D eigenvalue weighted by Gasteiger charge is 2.32. The largest absolute Gasteiger partial charge is 0.496 e. The average molecular weight is 350 g/mol. The van der Waals surface area contributed by atoms with E-state index in [0.717, 1.165) is 36.5 Å². The van der Waals surface area contributed by atoms with E-state index in [1.165, 1.54) is 0 Å². The van der Waals surface area contributed by atoms with E-state index >= 15 is 0 Å². The van der Waals surface area contributed by atoms with Crippen molar-refractivity contribution < 1.29 is 9.53 Å². The quantitative estimate of drug-likeness (QED) is 0.725. The summed E-state index contributed by atoms with van der Waals surface area (Å²) in [6.07, 6.45) is 2.70. The lowest BCUT2D eigenvalue weighted by Crippen LogP contribution is -2.29. The molecule has 6 nitrogen and oxygen atoms in total. The molecular formula is C20H22N4O2. The third kappa shape index (κ3) is 2.71. The van der Waals surface area contributed by atoms with Gasteiger partial charge in [-0.2, -0.15) is 0 Å². The molecule has 0 radical (unpaired) electrons. The van der Waals surface area contributed by atoms with Gasteiger partial charge in [0.1, 0.15) is 17.1 Å². The summed E-state index contributed by atoms with van der Waals surface area (Å²) in [4.78, 5) is 24.1. The summed E-state index contributed by atoms with van der Waals surface area (Å²) in [7, 11) is 1.59. The van der Waals surface area contributed by atoms with Gasteiger partial charge < -0.3 is 14.2 Å². The molecule has 0 saturated carbocycles. The molecule has 134 valence electrons. The Labute approximate surface area is 152 Å². The van der Waals surface area contributed by atoms with Crippen LogP contribution in [0.3, 0.4) is 0 Å². The van der Waals surface area contributed by atoms with Crippen molar-refractivity contribution in [2.75, 3.05) is 20.2 Å². The fraction of sp³-hybridized carbons (Fsp3) is 0.350. The van der Waals surface area contributed by atoms with Crippen LogP contribution in [0.2, 0.25) is 0 Å². The Morgan fingerprint density at radius 1 is 1.27 bits per heavy atom. The van der Waals surface area contributed by atoms with E-state index in [2.05, 4.69) is 16.5 Å². The molecule has 26 heavy (non-hydrogen) atoms. The summed E-state index contributed by atoms with van der Waals surface area (Å²) in [5.41, 5.74) is 2.44. The second kappa shape index (κ2) is 6.78. The number of aromatic nitrogens is 3. The first-order chi connectivity index (χ1) is 12.7. The number of para-hydroxylation sites is 1. The minimum atomic E-state index is 0.0160. The van der Waals surface area contributed by atoms with Crippen LogP contribution >= 0.6 is 0 Å². The van der Waals surface area contributed by atoms with Crippen molar-refractivity contribution in [3.63, 3.8) is 0 Å². The maximum absolute atomic E-state index is 12.9. The van der Waals surface area contributed by atoms with Crippen molar-refractivity contribution in [2.45, 2.75) is 25.8 Å². The van der Waals surface area contributed by atoms with Gasteiger partial charge in [-0.05, 0) is 37.6 Å². The van der Waals surface area contributed by atoms with Crippen molar-refractivity contribution in [3.05, 3.63) is 54.0 Å². The van der Waals surface area contributed by atoms with Gasteiger partial charge in [0.25, 0.3) is 5.91 Å². The number of likely N-dealkylation sites (tertiary alicyclic amines) is 1. The Hall–Kier alpha value is -2.89. The molecule has 6 heteroatoms. The maximum atomic E-state index is 12.9. The van der Waals surface area contributed by atoms with Gasteiger partial charge in [0.15, 0.2) is 5.65 Å². The lowest BCUT2D eigenvalue weighted by molar-refractivity contribution is 0.0787. The maximum Gasteiger partial charge on any atom is 0.257 e. The third-order valence-corrected chi connectivity index (χ3v) is 5.03. The number of amides is 1. The molecule has 1 amide bonds. The summed E-state index contributed by atoms with van der Waals surface area (Å²) in [5, 5.41) is 0. The number of pyridine rings is 1. The van der Waals surface area contributed by atoms with E-state index in [0.29, 0.717) is 17.9 Å². The Kier molecular flexibility index (Phi) is 4.32. The molecule has 0 bridgehead atoms. The highest BCUT2D eigenvalue weighted by Crippen LogP contribution is 2.31. The van der Waals surface area contributed by atoms with Gasteiger partial charge in [0.2, 0.25) is 0 Å². The van der Waals surface area contributed by atoms with E-state index in [1.54, 1.807) is 13.3 Å². The van der Waals surface area contributed by atoms with Gasteiger partial charge >= 0.3 is 0 Å². The van der Waals surface area contributed by atoms with Gasteiger partial charge in [-0.1, -0.05) is 12.1 Å². The topological polar surface area (TPSA) is 60.2 Å². The number of carbonyl (C=O) groups is 1. The first-order valence-electron chi connectivity index (χ1n) is 8.96. The molecule has 1 aliphatic rings. The van der Waals surface area contributed by atoms with E-state index in [4.69, 9.17) is 9.72 Å². The molecule has 1 fully saturated rings. The van der Waals surface area contributed by atoms with Crippen molar-refractivity contribution in [3.8, 4) is 5.75 Å². The molecule has 0 N–H and O–H groups in total. The summed E-state index contributed by atoms with van der Waals surface area (Å²) in [6, 6.07) is 11.3. The van der Waals surface area contributed by atoms with E-state index in [9.17, 15) is 4.79 Å². The number of benzene rings is 1. The molecular weight excluding hydrogens is 328 g/mol. The number of hydrogen-bond donors (Lipinski definition) is 0. The Bertz CT molecular complexity index is 950. The van der Waals surface area contributed by atoms with E-state index < -0.39 is 0 Å². The molecule has 1 atom stereocenters. The number of carbonyl (C=O) groups excluding carboxylic acids is 1. The Morgan fingerprint density at radius 2 is 2.12 bits per heavy atom. The number of fused-ring (bicyclic) bond motifs is 1. The number of nitrogens with zero attached hydrogens (tertiary/aromatic N) is 4. The third-order valence-electron chi connectivity index (χ3n) is 5.03. The SMILES string of the molecule is CCn1c([C@H]2CCN(C(=O)c3ccccc3OC)C2)nc2cccnc21. The molecule has 3 heterocycles. The van der Waals surface area contributed by atoms with Crippen molar-refractivity contribution >= 4 is 17.1 Å². The number of aryl methyl sites for hydroxylation is 1. The van der Waals surface area contributed by atoms with Crippen LogP contribution in [0.4, 0.5) is 0 Å². The van der Waals surface area contributed by atoms with Crippen molar-refractivity contribution in [1.29, 1.82) is 0 Å². The van der Waals surface area contributed by atoms with Crippen LogP contribution in [-0.2, 0) is 6.54 Å². The lowest BCUT2D eigenvalue weighted by atomic mass is 10.1. The zero-order valence-electron chi connectivity index (χ0n) is 15.1. The lowest BCUT2D eigenvalue weighted by Gasteiger charge is -2.18. The van der Waals surface area contributed by atoms with Gasteiger partial charge in [-0.3, -0.25) is 4.79 Å². The zero-order valence-corrected chi connectivity index (χ0v) is 15.1. The normalized spacial score (nSPS) is 17.0. The van der Waals surface area contributed by atoms with Crippen LogP contribution in [0, 0.1) is 0 Å². The van der Waals surface area contributed by atoms with Crippen molar-refractivity contribution in [1.82, 2.24) is 19.4 Å². The second-order valence-electron chi connectivity index (χ2n) is 6.50. The standard InChI is InChI=1S/C20H22N4O2/c1-3-24-18(22-16-8-6-11-21-19(16)24)14-10-12-23(13-14)20(25)15-7-4-5-9-17(15)26-2/h4-9,11,14H,3,10,12-13H2,1-2H3/t14-/m0/s1. The molecule has 1 aromatic carbocycles. The number of imidazole rings is 1. The van der Waals surface area contributed by atoms with Crippen LogP contribution in [0.15, 0.2) is 42.6 Å². The molecule has 0 unspecified atom stereocenters. The van der Waals surface area contributed by atoms with Gasteiger partial charge in [-0.25, -0.2) is 9.97 Å². The second-order valence-corrected chi connectivity index (χ2v) is 6.50. The summed E-state index contributed by atoms with van der Waals surface area (Å²) < 4.78 is 7.51. The Morgan fingerprint density at radius 3 is 2.92 bits per heavy atom. The molecule has 0 spiro atoms. The number of rotatable bonds is 4. The van der Waals surface area contributed by atoms with E-state index in [1.807, 2.05) is 41.3 Å². The molecule has 1 saturated heterocycles. The average Bonchev–Trinajstić information content (AvgIpc) is 3.31. The highest BCUT2D eigenvalue weighted by molar-refractivity contribution is 5.97. The van der Waals surface area contributed by atoms with E-state index in [-0.39, 0.29) is 11.8 Å². The minimum Gasteiger partial charge on any atom is -0.496 e. The van der Waals surface area contributed by atoms with Gasteiger partial charge in [0, 0.05) is 31.7 Å². The Balaban J connectivity index is 1.60. The summed E-state index contributed by atoms with van der Waals surface area (Å²) in [5.74, 6) is 1.88. The molecule has 3 aromatic rings. The van der Waals surface area contributed by atoms with Gasteiger partial charge in [-0.15, -0.1) is 0 Å².